The standard InChI is InChI=1S/C24H31Cl2N3O4S/c1-6-21(23(31)27-24(2,3)4)28(15-17-10-7-8-13-20(17)26)22(30)16-29(34(5,32)33)19-12-9-11-18(25)14-19/h7-14,21H,6,15-16H2,1-5H3,(H,27,31). The lowest BCUT2D eigenvalue weighted by molar-refractivity contribution is -0.141. The van der Waals surface area contributed by atoms with Gasteiger partial charge in [-0.25, -0.2) is 8.42 Å². The number of anilines is 1. The molecule has 10 heteroatoms. The van der Waals surface area contributed by atoms with Gasteiger partial charge in [0.15, 0.2) is 0 Å². The van der Waals surface area contributed by atoms with Crippen LogP contribution in [0.2, 0.25) is 10.0 Å². The molecule has 0 bridgehead atoms. The van der Waals surface area contributed by atoms with Crippen LogP contribution in [0, 0.1) is 0 Å². The van der Waals surface area contributed by atoms with E-state index in [1.54, 1.807) is 49.4 Å². The first kappa shape index (κ1) is 28.0. The molecule has 0 radical (unpaired) electrons. The van der Waals surface area contributed by atoms with Crippen LogP contribution in [0.25, 0.3) is 0 Å². The Hall–Kier alpha value is -2.29. The highest BCUT2D eigenvalue weighted by Gasteiger charge is 2.33. The van der Waals surface area contributed by atoms with Crippen LogP contribution in [0.1, 0.15) is 39.7 Å². The SMILES string of the molecule is CCC(C(=O)NC(C)(C)C)N(Cc1ccccc1Cl)C(=O)CN(c1cccc(Cl)c1)S(C)(=O)=O. The average Bonchev–Trinajstić information content (AvgIpc) is 2.70. The minimum atomic E-state index is -3.83. The number of benzene rings is 2. The number of carbonyl (C=O) groups excluding carboxylic acids is 2. The molecule has 0 saturated carbocycles. The van der Waals surface area contributed by atoms with E-state index < -0.39 is 34.1 Å². The zero-order chi connectivity index (χ0) is 25.7. The van der Waals surface area contributed by atoms with E-state index in [4.69, 9.17) is 23.2 Å². The van der Waals surface area contributed by atoms with Crippen molar-refractivity contribution in [3.63, 3.8) is 0 Å². The predicted octanol–water partition coefficient (Wildman–Crippen LogP) is 4.48. The van der Waals surface area contributed by atoms with Crippen LogP contribution in [-0.2, 0) is 26.2 Å². The molecule has 1 N–H and O–H groups in total. The summed E-state index contributed by atoms with van der Waals surface area (Å²) in [5, 5.41) is 3.69. The van der Waals surface area contributed by atoms with Crippen molar-refractivity contribution < 1.29 is 18.0 Å². The molecule has 1 atom stereocenters. The Kier molecular flexibility index (Phi) is 9.39. The molecular formula is C24H31Cl2N3O4S. The Labute approximate surface area is 212 Å². The van der Waals surface area contributed by atoms with Gasteiger partial charge in [0.25, 0.3) is 0 Å². The fraction of sp³-hybridized carbons (Fsp3) is 0.417. The summed E-state index contributed by atoms with van der Waals surface area (Å²) in [4.78, 5) is 28.1. The Morgan fingerprint density at radius 3 is 2.24 bits per heavy atom. The fourth-order valence-corrected chi connectivity index (χ4v) is 4.65. The summed E-state index contributed by atoms with van der Waals surface area (Å²) in [5.41, 5.74) is 0.393. The smallest absolute Gasteiger partial charge is 0.244 e. The normalized spacial score (nSPS) is 12.7. The van der Waals surface area contributed by atoms with Gasteiger partial charge in [-0.3, -0.25) is 13.9 Å². The molecule has 0 saturated heterocycles. The number of halogens is 2. The summed E-state index contributed by atoms with van der Waals surface area (Å²) in [5.74, 6) is -0.870. The zero-order valence-corrected chi connectivity index (χ0v) is 22.3. The molecule has 34 heavy (non-hydrogen) atoms. The van der Waals surface area contributed by atoms with Crippen LogP contribution < -0.4 is 9.62 Å². The second-order valence-corrected chi connectivity index (χ2v) is 11.8. The number of hydrogen-bond acceptors (Lipinski definition) is 4. The maximum atomic E-state index is 13.6. The van der Waals surface area contributed by atoms with Crippen LogP contribution in [0.15, 0.2) is 48.5 Å². The van der Waals surface area contributed by atoms with Crippen LogP contribution in [0.4, 0.5) is 5.69 Å². The van der Waals surface area contributed by atoms with Crippen LogP contribution in [-0.4, -0.2) is 49.5 Å². The van der Waals surface area contributed by atoms with Crippen molar-refractivity contribution in [1.82, 2.24) is 10.2 Å². The van der Waals surface area contributed by atoms with Crippen LogP contribution >= 0.6 is 23.2 Å². The summed E-state index contributed by atoms with van der Waals surface area (Å²) >= 11 is 12.4. The van der Waals surface area contributed by atoms with Crippen molar-refractivity contribution in [2.24, 2.45) is 0 Å². The fourth-order valence-electron chi connectivity index (χ4n) is 3.43. The van der Waals surface area contributed by atoms with Gasteiger partial charge in [-0.2, -0.15) is 0 Å². The van der Waals surface area contributed by atoms with E-state index in [-0.39, 0.29) is 18.1 Å². The third-order valence-electron chi connectivity index (χ3n) is 4.96. The maximum absolute atomic E-state index is 13.6. The van der Waals surface area contributed by atoms with Gasteiger partial charge >= 0.3 is 0 Å². The molecule has 186 valence electrons. The quantitative estimate of drug-likeness (QED) is 0.520. The van der Waals surface area contributed by atoms with E-state index >= 15 is 0 Å². The maximum Gasteiger partial charge on any atom is 0.244 e. The number of rotatable bonds is 9. The molecule has 0 aliphatic carbocycles. The molecular weight excluding hydrogens is 497 g/mol. The van der Waals surface area contributed by atoms with Gasteiger partial charge in [0.1, 0.15) is 12.6 Å². The second-order valence-electron chi connectivity index (χ2n) is 9.03. The third-order valence-corrected chi connectivity index (χ3v) is 6.70. The average molecular weight is 529 g/mol. The largest absolute Gasteiger partial charge is 0.350 e. The number of sulfonamides is 1. The van der Waals surface area contributed by atoms with E-state index in [0.717, 1.165) is 10.6 Å². The minimum Gasteiger partial charge on any atom is -0.350 e. The van der Waals surface area contributed by atoms with Crippen molar-refractivity contribution in [3.8, 4) is 0 Å². The van der Waals surface area contributed by atoms with Gasteiger partial charge < -0.3 is 10.2 Å². The predicted molar refractivity (Wildman–Crippen MR) is 138 cm³/mol. The molecule has 2 amide bonds. The minimum absolute atomic E-state index is 0.0434. The first-order valence-corrected chi connectivity index (χ1v) is 13.4. The number of nitrogens with one attached hydrogen (secondary N) is 1. The van der Waals surface area contributed by atoms with Crippen molar-refractivity contribution in [3.05, 3.63) is 64.1 Å². The lowest BCUT2D eigenvalue weighted by Gasteiger charge is -2.34. The number of nitrogens with zero attached hydrogens (tertiary/aromatic N) is 2. The van der Waals surface area contributed by atoms with Gasteiger partial charge in [0.2, 0.25) is 21.8 Å². The van der Waals surface area contributed by atoms with E-state index in [2.05, 4.69) is 5.32 Å². The summed E-state index contributed by atoms with van der Waals surface area (Å²) in [6.07, 6.45) is 1.34. The Bertz CT molecular complexity index is 1130. The summed E-state index contributed by atoms with van der Waals surface area (Å²) in [6.45, 7) is 6.89. The Morgan fingerprint density at radius 1 is 1.06 bits per heavy atom. The summed E-state index contributed by atoms with van der Waals surface area (Å²) < 4.78 is 26.2. The van der Waals surface area contributed by atoms with Gasteiger partial charge in [0.05, 0.1) is 11.9 Å². The van der Waals surface area contributed by atoms with Crippen LogP contribution in [0.3, 0.4) is 0 Å². The van der Waals surface area contributed by atoms with Crippen molar-refractivity contribution in [2.45, 2.75) is 52.2 Å². The molecule has 0 aromatic heterocycles. The molecule has 2 aromatic rings. The third kappa shape index (κ3) is 7.89. The lowest BCUT2D eigenvalue weighted by Crippen LogP contribution is -2.55. The van der Waals surface area contributed by atoms with E-state index in [0.29, 0.717) is 22.0 Å². The summed E-state index contributed by atoms with van der Waals surface area (Å²) in [7, 11) is -3.83. The van der Waals surface area contributed by atoms with E-state index in [1.807, 2.05) is 20.8 Å². The molecule has 1 unspecified atom stereocenters. The van der Waals surface area contributed by atoms with Gasteiger partial charge in [-0.15, -0.1) is 0 Å². The van der Waals surface area contributed by atoms with E-state index in [1.165, 1.54) is 11.0 Å². The molecule has 0 heterocycles. The summed E-state index contributed by atoms with van der Waals surface area (Å²) in [6, 6.07) is 12.4. The molecule has 7 nitrogen and oxygen atoms in total. The number of carbonyl (C=O) groups is 2. The zero-order valence-electron chi connectivity index (χ0n) is 20.0. The highest BCUT2D eigenvalue weighted by atomic mass is 35.5. The van der Waals surface area contributed by atoms with Crippen molar-refractivity contribution >= 4 is 50.7 Å². The Morgan fingerprint density at radius 2 is 1.71 bits per heavy atom. The highest BCUT2D eigenvalue weighted by molar-refractivity contribution is 7.92. The van der Waals surface area contributed by atoms with Crippen molar-refractivity contribution in [2.75, 3.05) is 17.1 Å². The molecule has 0 spiro atoms. The first-order valence-electron chi connectivity index (χ1n) is 10.8. The van der Waals surface area contributed by atoms with Gasteiger partial charge in [0, 0.05) is 22.1 Å². The Balaban J connectivity index is 2.48. The molecule has 2 rings (SSSR count). The lowest BCUT2D eigenvalue weighted by atomic mass is 10.1. The molecule has 0 aliphatic rings. The van der Waals surface area contributed by atoms with Gasteiger partial charge in [-0.1, -0.05) is 54.4 Å². The van der Waals surface area contributed by atoms with Crippen molar-refractivity contribution in [1.29, 1.82) is 0 Å². The van der Waals surface area contributed by atoms with Gasteiger partial charge in [-0.05, 0) is 57.0 Å². The molecule has 2 aromatic carbocycles. The number of amides is 2. The van der Waals surface area contributed by atoms with E-state index in [9.17, 15) is 18.0 Å². The first-order chi connectivity index (χ1) is 15.7. The molecule has 0 fully saturated rings. The number of hydrogen-bond donors (Lipinski definition) is 1. The van der Waals surface area contributed by atoms with Crippen LogP contribution in [0.5, 0.6) is 0 Å². The highest BCUT2D eigenvalue weighted by Crippen LogP contribution is 2.24. The molecule has 0 aliphatic heterocycles. The second kappa shape index (κ2) is 11.4. The topological polar surface area (TPSA) is 86.8 Å². The monoisotopic (exact) mass is 527 g/mol.